The minimum atomic E-state index is -0.129. The van der Waals surface area contributed by atoms with Crippen LogP contribution in [0.25, 0.3) is 10.9 Å². The van der Waals surface area contributed by atoms with Gasteiger partial charge in [-0.1, -0.05) is 26.0 Å². The number of nitrogens with zero attached hydrogens (tertiary/aromatic N) is 2. The van der Waals surface area contributed by atoms with Gasteiger partial charge in [-0.25, -0.2) is 4.79 Å². The summed E-state index contributed by atoms with van der Waals surface area (Å²) in [6.07, 6.45) is 1.78. The fourth-order valence-corrected chi connectivity index (χ4v) is 2.70. The van der Waals surface area contributed by atoms with Gasteiger partial charge in [-0.15, -0.1) is 0 Å². The number of urea groups is 1. The Labute approximate surface area is 138 Å². The standard InChI is InChI=1S/C18H26N4O/c1-4-22(5-2)14(3)12-20-18(23)21-13-15-8-9-17-16(11-15)7-6-10-19-17/h6-11,14H,4-5,12-13H2,1-3H3,(H2,20,21,23). The van der Waals surface area contributed by atoms with Crippen LogP contribution in [0.2, 0.25) is 0 Å². The number of fused-ring (bicyclic) bond motifs is 1. The van der Waals surface area contributed by atoms with Crippen molar-refractivity contribution in [3.8, 4) is 0 Å². The normalized spacial score (nSPS) is 12.3. The summed E-state index contributed by atoms with van der Waals surface area (Å²) in [6, 6.07) is 10.2. The zero-order chi connectivity index (χ0) is 16.7. The predicted octanol–water partition coefficient (Wildman–Crippen LogP) is 2.76. The molecule has 0 radical (unpaired) electrons. The number of benzene rings is 1. The maximum atomic E-state index is 11.9. The molecular formula is C18H26N4O. The highest BCUT2D eigenvalue weighted by Gasteiger charge is 2.11. The van der Waals surface area contributed by atoms with Gasteiger partial charge in [0.25, 0.3) is 0 Å². The molecule has 1 aromatic heterocycles. The van der Waals surface area contributed by atoms with Gasteiger partial charge in [-0.3, -0.25) is 9.88 Å². The Bertz CT molecular complexity index is 640. The summed E-state index contributed by atoms with van der Waals surface area (Å²) in [5, 5.41) is 6.93. The molecule has 2 amide bonds. The van der Waals surface area contributed by atoms with E-state index in [1.54, 1.807) is 6.20 Å². The van der Waals surface area contributed by atoms with Gasteiger partial charge in [0.1, 0.15) is 0 Å². The van der Waals surface area contributed by atoms with Crippen LogP contribution >= 0.6 is 0 Å². The molecule has 0 saturated carbocycles. The summed E-state index contributed by atoms with van der Waals surface area (Å²) >= 11 is 0. The van der Waals surface area contributed by atoms with Crippen molar-refractivity contribution >= 4 is 16.9 Å². The zero-order valence-corrected chi connectivity index (χ0v) is 14.2. The lowest BCUT2D eigenvalue weighted by atomic mass is 10.1. The van der Waals surface area contributed by atoms with Crippen LogP contribution in [0.3, 0.4) is 0 Å². The molecule has 1 aromatic carbocycles. The van der Waals surface area contributed by atoms with E-state index in [1.165, 1.54) is 0 Å². The first-order valence-corrected chi connectivity index (χ1v) is 8.23. The van der Waals surface area contributed by atoms with E-state index in [0.717, 1.165) is 29.6 Å². The van der Waals surface area contributed by atoms with Crippen LogP contribution in [-0.2, 0) is 6.54 Å². The molecule has 0 saturated heterocycles. The number of amides is 2. The van der Waals surface area contributed by atoms with Crippen LogP contribution in [-0.4, -0.2) is 41.6 Å². The number of likely N-dealkylation sites (N-methyl/N-ethyl adjacent to an activating group) is 1. The third-order valence-electron chi connectivity index (χ3n) is 4.11. The smallest absolute Gasteiger partial charge is 0.315 e. The number of hydrogen-bond acceptors (Lipinski definition) is 3. The monoisotopic (exact) mass is 314 g/mol. The molecule has 0 aliphatic rings. The van der Waals surface area contributed by atoms with Gasteiger partial charge in [0.05, 0.1) is 5.52 Å². The van der Waals surface area contributed by atoms with Crippen molar-refractivity contribution < 1.29 is 4.79 Å². The van der Waals surface area contributed by atoms with Crippen molar-refractivity contribution in [2.45, 2.75) is 33.4 Å². The van der Waals surface area contributed by atoms with Crippen molar-refractivity contribution in [3.63, 3.8) is 0 Å². The Kier molecular flexibility index (Phi) is 6.35. The van der Waals surface area contributed by atoms with Crippen LogP contribution in [0.4, 0.5) is 4.79 Å². The van der Waals surface area contributed by atoms with E-state index >= 15 is 0 Å². The molecule has 1 atom stereocenters. The fraction of sp³-hybridized carbons (Fsp3) is 0.444. The number of pyridine rings is 1. The lowest BCUT2D eigenvalue weighted by molar-refractivity contribution is 0.214. The summed E-state index contributed by atoms with van der Waals surface area (Å²) in [4.78, 5) is 18.5. The van der Waals surface area contributed by atoms with Crippen molar-refractivity contribution in [1.82, 2.24) is 20.5 Å². The SMILES string of the molecule is CCN(CC)C(C)CNC(=O)NCc1ccc2ncccc2c1. The second-order valence-electron chi connectivity index (χ2n) is 5.66. The number of carbonyl (C=O) groups excluding carboxylic acids is 1. The first-order valence-electron chi connectivity index (χ1n) is 8.23. The third kappa shape index (κ3) is 4.93. The number of rotatable bonds is 7. The second kappa shape index (κ2) is 8.48. The number of carbonyl (C=O) groups is 1. The maximum absolute atomic E-state index is 11.9. The lowest BCUT2D eigenvalue weighted by Gasteiger charge is -2.26. The van der Waals surface area contributed by atoms with E-state index in [9.17, 15) is 4.79 Å². The van der Waals surface area contributed by atoms with Crippen molar-refractivity contribution in [3.05, 3.63) is 42.1 Å². The number of aromatic nitrogens is 1. The van der Waals surface area contributed by atoms with Crippen LogP contribution in [0.5, 0.6) is 0 Å². The van der Waals surface area contributed by atoms with Gasteiger partial charge in [0, 0.05) is 30.7 Å². The largest absolute Gasteiger partial charge is 0.337 e. The molecule has 2 aromatic rings. The molecule has 5 heteroatoms. The molecule has 0 aliphatic carbocycles. The quantitative estimate of drug-likeness (QED) is 0.826. The Morgan fingerprint density at radius 2 is 2.00 bits per heavy atom. The molecule has 5 nitrogen and oxygen atoms in total. The molecule has 2 N–H and O–H groups in total. The molecule has 1 heterocycles. The summed E-state index contributed by atoms with van der Waals surface area (Å²) < 4.78 is 0. The van der Waals surface area contributed by atoms with Crippen LogP contribution in [0.15, 0.2) is 36.5 Å². The average molecular weight is 314 g/mol. The predicted molar refractivity (Wildman–Crippen MR) is 94.4 cm³/mol. The van der Waals surface area contributed by atoms with E-state index in [4.69, 9.17) is 0 Å². The summed E-state index contributed by atoms with van der Waals surface area (Å²) in [7, 11) is 0. The Hall–Kier alpha value is -2.14. The molecule has 0 fully saturated rings. The molecule has 0 bridgehead atoms. The van der Waals surface area contributed by atoms with Gasteiger partial charge in [0.2, 0.25) is 0 Å². The minimum absolute atomic E-state index is 0.129. The zero-order valence-electron chi connectivity index (χ0n) is 14.2. The highest BCUT2D eigenvalue weighted by atomic mass is 16.2. The Morgan fingerprint density at radius 1 is 1.22 bits per heavy atom. The van der Waals surface area contributed by atoms with Gasteiger partial charge in [-0.2, -0.15) is 0 Å². The lowest BCUT2D eigenvalue weighted by Crippen LogP contribution is -2.44. The van der Waals surface area contributed by atoms with E-state index in [-0.39, 0.29) is 6.03 Å². The van der Waals surface area contributed by atoms with Crippen LogP contribution in [0, 0.1) is 0 Å². The van der Waals surface area contributed by atoms with Gasteiger partial charge in [-0.05, 0) is 43.8 Å². The van der Waals surface area contributed by atoms with E-state index in [2.05, 4.69) is 47.4 Å². The summed E-state index contributed by atoms with van der Waals surface area (Å²) in [5.41, 5.74) is 2.03. The van der Waals surface area contributed by atoms with Crippen molar-refractivity contribution in [2.75, 3.05) is 19.6 Å². The molecule has 124 valence electrons. The van der Waals surface area contributed by atoms with E-state index in [0.29, 0.717) is 19.1 Å². The Balaban J connectivity index is 1.81. The van der Waals surface area contributed by atoms with Gasteiger partial charge < -0.3 is 10.6 Å². The highest BCUT2D eigenvalue weighted by molar-refractivity contribution is 5.79. The number of nitrogens with one attached hydrogen (secondary N) is 2. The van der Waals surface area contributed by atoms with E-state index < -0.39 is 0 Å². The first kappa shape index (κ1) is 17.2. The fourth-order valence-electron chi connectivity index (χ4n) is 2.70. The van der Waals surface area contributed by atoms with Crippen LogP contribution in [0.1, 0.15) is 26.3 Å². The number of hydrogen-bond donors (Lipinski definition) is 2. The highest BCUT2D eigenvalue weighted by Crippen LogP contribution is 2.13. The Morgan fingerprint density at radius 3 is 2.74 bits per heavy atom. The average Bonchev–Trinajstić information content (AvgIpc) is 2.59. The van der Waals surface area contributed by atoms with E-state index in [1.807, 2.05) is 24.3 Å². The van der Waals surface area contributed by atoms with Gasteiger partial charge in [0.15, 0.2) is 0 Å². The molecular weight excluding hydrogens is 288 g/mol. The third-order valence-corrected chi connectivity index (χ3v) is 4.11. The molecule has 1 unspecified atom stereocenters. The van der Waals surface area contributed by atoms with Crippen molar-refractivity contribution in [2.24, 2.45) is 0 Å². The molecule has 0 aliphatic heterocycles. The van der Waals surface area contributed by atoms with Gasteiger partial charge >= 0.3 is 6.03 Å². The van der Waals surface area contributed by atoms with Crippen molar-refractivity contribution in [1.29, 1.82) is 0 Å². The first-order chi connectivity index (χ1) is 11.1. The summed E-state index contributed by atoms with van der Waals surface area (Å²) in [6.45, 7) is 9.54. The molecule has 23 heavy (non-hydrogen) atoms. The maximum Gasteiger partial charge on any atom is 0.315 e. The second-order valence-corrected chi connectivity index (χ2v) is 5.66. The molecule has 0 spiro atoms. The topological polar surface area (TPSA) is 57.3 Å². The minimum Gasteiger partial charge on any atom is -0.337 e. The van der Waals surface area contributed by atoms with Crippen LogP contribution < -0.4 is 10.6 Å². The molecule has 2 rings (SSSR count). The summed E-state index contributed by atoms with van der Waals surface area (Å²) in [5.74, 6) is 0.